The number of methoxy groups -OCH3 is 1. The second-order valence-electron chi connectivity index (χ2n) is 4.39. The molecule has 0 spiro atoms. The predicted octanol–water partition coefficient (Wildman–Crippen LogP) is 1.70. The summed E-state index contributed by atoms with van der Waals surface area (Å²) >= 11 is 0. The van der Waals surface area contributed by atoms with E-state index in [0.717, 1.165) is 25.7 Å². The minimum Gasteiger partial charge on any atom is -0.385 e. The number of hydrogen-bond acceptors (Lipinski definition) is 3. The summed E-state index contributed by atoms with van der Waals surface area (Å²) < 4.78 is 4.92. The zero-order valence-corrected chi connectivity index (χ0v) is 11.8. The van der Waals surface area contributed by atoms with Crippen LogP contribution in [-0.2, 0) is 9.53 Å². The van der Waals surface area contributed by atoms with Gasteiger partial charge in [-0.05, 0) is 25.7 Å². The normalized spacial score (nSPS) is 11.5. The Bertz CT molecular complexity index is 195. The van der Waals surface area contributed by atoms with Gasteiger partial charge in [0.1, 0.15) is 0 Å². The molecule has 102 valence electrons. The summed E-state index contributed by atoms with van der Waals surface area (Å²) in [6.07, 6.45) is 4.02. The van der Waals surface area contributed by atoms with Crippen LogP contribution in [0.2, 0.25) is 0 Å². The monoisotopic (exact) mass is 244 g/mol. The molecule has 0 bridgehead atoms. The van der Waals surface area contributed by atoms with Crippen molar-refractivity contribution in [2.24, 2.45) is 0 Å². The maximum Gasteiger partial charge on any atom is 0.233 e. The van der Waals surface area contributed by atoms with E-state index in [-0.39, 0.29) is 11.4 Å². The number of carbonyl (C=O) groups is 1. The number of ether oxygens (including phenoxy) is 1. The van der Waals surface area contributed by atoms with Gasteiger partial charge in [0.2, 0.25) is 5.91 Å². The smallest absolute Gasteiger partial charge is 0.233 e. The van der Waals surface area contributed by atoms with E-state index in [1.165, 1.54) is 0 Å². The van der Waals surface area contributed by atoms with Crippen LogP contribution in [0, 0.1) is 0 Å². The van der Waals surface area contributed by atoms with Crippen molar-refractivity contribution in [3.05, 3.63) is 0 Å². The summed E-state index contributed by atoms with van der Waals surface area (Å²) in [5.41, 5.74) is 0.115. The average molecular weight is 244 g/mol. The van der Waals surface area contributed by atoms with Crippen molar-refractivity contribution in [3.8, 4) is 0 Å². The first-order valence-electron chi connectivity index (χ1n) is 6.64. The Morgan fingerprint density at radius 3 is 2.24 bits per heavy atom. The van der Waals surface area contributed by atoms with E-state index in [1.807, 2.05) is 0 Å². The largest absolute Gasteiger partial charge is 0.385 e. The third-order valence-corrected chi connectivity index (χ3v) is 3.50. The van der Waals surface area contributed by atoms with Crippen LogP contribution in [0.15, 0.2) is 0 Å². The van der Waals surface area contributed by atoms with E-state index < -0.39 is 0 Å². The van der Waals surface area contributed by atoms with Crippen molar-refractivity contribution in [2.45, 2.75) is 52.0 Å². The topological polar surface area (TPSA) is 50.4 Å². The summed E-state index contributed by atoms with van der Waals surface area (Å²) in [4.78, 5) is 11.6. The van der Waals surface area contributed by atoms with E-state index >= 15 is 0 Å². The van der Waals surface area contributed by atoms with Gasteiger partial charge in [0.15, 0.2) is 0 Å². The predicted molar refractivity (Wildman–Crippen MR) is 71.1 cm³/mol. The molecule has 0 heterocycles. The molecule has 0 saturated carbocycles. The molecule has 0 unspecified atom stereocenters. The van der Waals surface area contributed by atoms with E-state index in [4.69, 9.17) is 4.74 Å². The Balaban J connectivity index is 3.81. The molecule has 0 saturated heterocycles. The third kappa shape index (κ3) is 6.64. The minimum absolute atomic E-state index is 0.0702. The Morgan fingerprint density at radius 1 is 1.18 bits per heavy atom. The van der Waals surface area contributed by atoms with Gasteiger partial charge in [-0.1, -0.05) is 20.8 Å². The van der Waals surface area contributed by atoms with Gasteiger partial charge in [-0.15, -0.1) is 0 Å². The summed E-state index contributed by atoms with van der Waals surface area (Å²) in [6.45, 7) is 8.27. The SMILES string of the molecule is CCC(CC)(CC)NCC(=O)NCCCOC. The number of carbonyl (C=O) groups excluding carboxylic acids is 1. The lowest BCUT2D eigenvalue weighted by molar-refractivity contribution is -0.120. The highest BCUT2D eigenvalue weighted by molar-refractivity contribution is 5.78. The van der Waals surface area contributed by atoms with Crippen molar-refractivity contribution in [3.63, 3.8) is 0 Å². The molecular weight excluding hydrogens is 216 g/mol. The van der Waals surface area contributed by atoms with Gasteiger partial charge >= 0.3 is 0 Å². The van der Waals surface area contributed by atoms with Gasteiger partial charge < -0.3 is 15.4 Å². The maximum atomic E-state index is 11.6. The van der Waals surface area contributed by atoms with Crippen molar-refractivity contribution >= 4 is 5.91 Å². The molecule has 2 N–H and O–H groups in total. The van der Waals surface area contributed by atoms with Crippen LogP contribution in [0.5, 0.6) is 0 Å². The molecule has 4 heteroatoms. The van der Waals surface area contributed by atoms with Gasteiger partial charge in [-0.2, -0.15) is 0 Å². The van der Waals surface area contributed by atoms with E-state index in [9.17, 15) is 4.79 Å². The van der Waals surface area contributed by atoms with Crippen molar-refractivity contribution in [2.75, 3.05) is 26.8 Å². The molecule has 1 amide bonds. The van der Waals surface area contributed by atoms with Crippen LogP contribution in [0.1, 0.15) is 46.5 Å². The van der Waals surface area contributed by atoms with Crippen LogP contribution in [0.25, 0.3) is 0 Å². The van der Waals surface area contributed by atoms with Crippen LogP contribution in [-0.4, -0.2) is 38.3 Å². The van der Waals surface area contributed by atoms with E-state index in [2.05, 4.69) is 31.4 Å². The van der Waals surface area contributed by atoms with E-state index in [1.54, 1.807) is 7.11 Å². The molecule has 0 rings (SSSR count). The molecule has 0 radical (unpaired) electrons. The quantitative estimate of drug-likeness (QED) is 0.575. The van der Waals surface area contributed by atoms with Gasteiger partial charge in [0.25, 0.3) is 0 Å². The van der Waals surface area contributed by atoms with Gasteiger partial charge in [-0.25, -0.2) is 0 Å². The molecule has 0 aliphatic heterocycles. The zero-order valence-electron chi connectivity index (χ0n) is 11.8. The molecule has 0 aliphatic carbocycles. The van der Waals surface area contributed by atoms with Crippen molar-refractivity contribution < 1.29 is 9.53 Å². The Labute approximate surface area is 105 Å². The summed E-state index contributed by atoms with van der Waals surface area (Å²) in [5.74, 6) is 0.0702. The molecular formula is C13H28N2O2. The van der Waals surface area contributed by atoms with Gasteiger partial charge in [0.05, 0.1) is 6.54 Å². The second-order valence-corrected chi connectivity index (χ2v) is 4.39. The summed E-state index contributed by atoms with van der Waals surface area (Å²) in [5, 5.41) is 6.26. The average Bonchev–Trinajstić information content (AvgIpc) is 2.37. The Kier molecular flexibility index (Phi) is 9.09. The first kappa shape index (κ1) is 16.4. The van der Waals surface area contributed by atoms with Crippen LogP contribution in [0.3, 0.4) is 0 Å². The third-order valence-electron chi connectivity index (χ3n) is 3.50. The Hall–Kier alpha value is -0.610. The van der Waals surface area contributed by atoms with Gasteiger partial charge in [-0.3, -0.25) is 4.79 Å². The standard InChI is InChI=1S/C13H28N2O2/c1-5-13(6-2,7-3)15-11-12(16)14-9-8-10-17-4/h15H,5-11H2,1-4H3,(H,14,16). The Morgan fingerprint density at radius 2 is 1.76 bits per heavy atom. The number of rotatable bonds is 10. The molecule has 0 atom stereocenters. The highest BCUT2D eigenvalue weighted by Crippen LogP contribution is 2.18. The highest BCUT2D eigenvalue weighted by atomic mass is 16.5. The fourth-order valence-electron chi connectivity index (χ4n) is 1.90. The minimum atomic E-state index is 0.0702. The molecule has 0 aromatic heterocycles. The lowest BCUT2D eigenvalue weighted by Crippen LogP contribution is -2.48. The molecule has 0 aromatic rings. The highest BCUT2D eigenvalue weighted by Gasteiger charge is 2.23. The van der Waals surface area contributed by atoms with E-state index in [0.29, 0.717) is 19.7 Å². The summed E-state index contributed by atoms with van der Waals surface area (Å²) in [6, 6.07) is 0. The second kappa shape index (κ2) is 9.42. The molecule has 0 fully saturated rings. The maximum absolute atomic E-state index is 11.6. The summed E-state index contributed by atoms with van der Waals surface area (Å²) in [7, 11) is 1.67. The fourth-order valence-corrected chi connectivity index (χ4v) is 1.90. The number of nitrogens with one attached hydrogen (secondary N) is 2. The lowest BCUT2D eigenvalue weighted by Gasteiger charge is -2.31. The van der Waals surface area contributed by atoms with Crippen LogP contribution < -0.4 is 10.6 Å². The number of amides is 1. The molecule has 17 heavy (non-hydrogen) atoms. The number of hydrogen-bond donors (Lipinski definition) is 2. The lowest BCUT2D eigenvalue weighted by atomic mass is 9.90. The van der Waals surface area contributed by atoms with Crippen molar-refractivity contribution in [1.82, 2.24) is 10.6 Å². The first-order valence-corrected chi connectivity index (χ1v) is 6.64. The van der Waals surface area contributed by atoms with Crippen LogP contribution in [0.4, 0.5) is 0 Å². The fraction of sp³-hybridized carbons (Fsp3) is 0.923. The molecule has 0 aliphatic rings. The first-order chi connectivity index (χ1) is 8.14. The zero-order chi connectivity index (χ0) is 13.1. The van der Waals surface area contributed by atoms with Crippen molar-refractivity contribution in [1.29, 1.82) is 0 Å². The molecule has 4 nitrogen and oxygen atoms in total. The molecule has 0 aromatic carbocycles. The van der Waals surface area contributed by atoms with Gasteiger partial charge in [0, 0.05) is 25.8 Å². The van der Waals surface area contributed by atoms with Crippen LogP contribution >= 0.6 is 0 Å².